The Morgan fingerprint density at radius 3 is 1.84 bits per heavy atom. The average Bonchev–Trinajstić information content (AvgIpc) is 3.83. The first-order chi connectivity index (χ1) is 28.7. The van der Waals surface area contributed by atoms with Crippen LogP contribution < -0.4 is 4.90 Å². The standard InChI is InChI=1S/C54H35FN2S/c55-40-29-32-51-48(35-40)46-20-5-8-24-50(46)57(51)49-23-7-4-19-44(49)37-27-30-41(31-28-37)56(42-17-10-15-38(33-42)36-13-2-1-3-14-36)43-18-11-16-39(34-43)45-22-12-26-53-54(45)47-21-6-9-25-52(47)58-53/h1-35H. The molecule has 0 aliphatic rings. The minimum Gasteiger partial charge on any atom is -0.310 e. The lowest BCUT2D eigenvalue weighted by Gasteiger charge is -2.27. The van der Waals surface area contributed by atoms with Gasteiger partial charge in [-0.2, -0.15) is 0 Å². The maximum absolute atomic E-state index is 14.6. The predicted molar refractivity (Wildman–Crippen MR) is 245 cm³/mol. The second-order valence-electron chi connectivity index (χ2n) is 14.7. The third-order valence-electron chi connectivity index (χ3n) is 11.2. The fourth-order valence-electron chi connectivity index (χ4n) is 8.64. The highest BCUT2D eigenvalue weighted by Gasteiger charge is 2.19. The van der Waals surface area contributed by atoms with E-state index >= 15 is 0 Å². The molecule has 2 aromatic heterocycles. The maximum atomic E-state index is 14.6. The summed E-state index contributed by atoms with van der Waals surface area (Å²) in [5.74, 6) is -0.235. The van der Waals surface area contributed by atoms with Crippen LogP contribution >= 0.6 is 11.3 Å². The third-order valence-corrected chi connectivity index (χ3v) is 12.4. The van der Waals surface area contributed by atoms with Crippen molar-refractivity contribution >= 4 is 70.4 Å². The summed E-state index contributed by atoms with van der Waals surface area (Å²) in [6.07, 6.45) is 0. The lowest BCUT2D eigenvalue weighted by Crippen LogP contribution is -2.10. The fourth-order valence-corrected chi connectivity index (χ4v) is 9.77. The molecule has 0 unspecified atom stereocenters. The van der Waals surface area contributed by atoms with Gasteiger partial charge in [0.2, 0.25) is 0 Å². The molecule has 0 saturated heterocycles. The van der Waals surface area contributed by atoms with Gasteiger partial charge < -0.3 is 9.47 Å². The van der Waals surface area contributed by atoms with Gasteiger partial charge in [-0.3, -0.25) is 0 Å². The Morgan fingerprint density at radius 2 is 1.00 bits per heavy atom. The van der Waals surface area contributed by atoms with E-state index in [1.807, 2.05) is 29.5 Å². The SMILES string of the molecule is Fc1ccc2c(c1)c1ccccc1n2-c1ccccc1-c1ccc(N(c2cccc(-c3ccccc3)c2)c2cccc(-c3cccc4sc5ccccc5c34)c2)cc1. The van der Waals surface area contributed by atoms with Gasteiger partial charge in [0.15, 0.2) is 0 Å². The van der Waals surface area contributed by atoms with Gasteiger partial charge in [0.1, 0.15) is 5.82 Å². The molecule has 58 heavy (non-hydrogen) atoms. The van der Waals surface area contributed by atoms with Crippen molar-refractivity contribution in [2.24, 2.45) is 0 Å². The van der Waals surface area contributed by atoms with Crippen molar-refractivity contribution in [1.82, 2.24) is 4.57 Å². The summed E-state index contributed by atoms with van der Waals surface area (Å²) in [4.78, 5) is 2.36. The molecule has 0 bridgehead atoms. The van der Waals surface area contributed by atoms with E-state index in [1.54, 1.807) is 12.1 Å². The summed E-state index contributed by atoms with van der Waals surface area (Å²) < 4.78 is 19.4. The maximum Gasteiger partial charge on any atom is 0.123 e. The van der Waals surface area contributed by atoms with Crippen LogP contribution in [0.1, 0.15) is 0 Å². The first-order valence-corrected chi connectivity index (χ1v) is 20.3. The zero-order chi connectivity index (χ0) is 38.6. The van der Waals surface area contributed by atoms with E-state index in [4.69, 9.17) is 0 Å². The van der Waals surface area contributed by atoms with Crippen molar-refractivity contribution < 1.29 is 4.39 Å². The Balaban J connectivity index is 1.06. The van der Waals surface area contributed by atoms with Crippen LogP contribution in [0.3, 0.4) is 0 Å². The topological polar surface area (TPSA) is 8.17 Å². The number of thiophene rings is 1. The van der Waals surface area contributed by atoms with Crippen molar-refractivity contribution in [1.29, 1.82) is 0 Å². The minimum absolute atomic E-state index is 0.235. The molecule has 0 saturated carbocycles. The van der Waals surface area contributed by atoms with Crippen LogP contribution in [0.4, 0.5) is 21.5 Å². The number of halogens is 1. The number of hydrogen-bond donors (Lipinski definition) is 0. The molecule has 274 valence electrons. The van der Waals surface area contributed by atoms with E-state index in [2.05, 4.69) is 191 Å². The third kappa shape index (κ3) is 5.77. The van der Waals surface area contributed by atoms with Crippen LogP contribution in [0.25, 0.3) is 81.0 Å². The number of rotatable bonds is 7. The van der Waals surface area contributed by atoms with E-state index in [0.29, 0.717) is 0 Å². The summed E-state index contributed by atoms with van der Waals surface area (Å²) in [6, 6.07) is 74.4. The summed E-state index contributed by atoms with van der Waals surface area (Å²) in [7, 11) is 0. The molecular formula is C54H35FN2S. The van der Waals surface area contributed by atoms with Crippen molar-refractivity contribution in [3.63, 3.8) is 0 Å². The summed E-state index contributed by atoms with van der Waals surface area (Å²) in [6.45, 7) is 0. The molecule has 4 heteroatoms. The van der Waals surface area contributed by atoms with Crippen LogP contribution in [-0.2, 0) is 0 Å². The summed E-state index contributed by atoms with van der Waals surface area (Å²) in [5, 5.41) is 4.52. The van der Waals surface area contributed by atoms with Gasteiger partial charge in [-0.1, -0.05) is 133 Å². The molecule has 9 aromatic carbocycles. The molecule has 11 rings (SSSR count). The second-order valence-corrected chi connectivity index (χ2v) is 15.7. The van der Waals surface area contributed by atoms with Crippen LogP contribution in [0, 0.1) is 5.82 Å². The Kier molecular flexibility index (Phi) is 8.23. The molecule has 0 aliphatic heterocycles. The second kappa shape index (κ2) is 14.0. The van der Waals surface area contributed by atoms with E-state index in [9.17, 15) is 4.39 Å². The summed E-state index contributed by atoms with van der Waals surface area (Å²) >= 11 is 1.85. The number of fused-ring (bicyclic) bond motifs is 6. The molecule has 0 atom stereocenters. The Bertz CT molecular complexity index is 3310. The molecular weight excluding hydrogens is 728 g/mol. The zero-order valence-corrected chi connectivity index (χ0v) is 32.2. The van der Waals surface area contributed by atoms with Gasteiger partial charge in [0, 0.05) is 53.6 Å². The first kappa shape index (κ1) is 34.0. The van der Waals surface area contributed by atoms with Gasteiger partial charge in [-0.15, -0.1) is 11.3 Å². The van der Waals surface area contributed by atoms with Crippen LogP contribution in [-0.4, -0.2) is 4.57 Å². The van der Waals surface area contributed by atoms with Gasteiger partial charge in [-0.05, 0) is 107 Å². The smallest absolute Gasteiger partial charge is 0.123 e. The van der Waals surface area contributed by atoms with Crippen molar-refractivity contribution in [2.75, 3.05) is 4.90 Å². The monoisotopic (exact) mass is 762 g/mol. The Labute approximate surface area is 339 Å². The van der Waals surface area contributed by atoms with E-state index in [-0.39, 0.29) is 5.82 Å². The number of para-hydroxylation sites is 2. The molecule has 0 spiro atoms. The molecule has 0 radical (unpaired) electrons. The quantitative estimate of drug-likeness (QED) is 0.157. The number of aromatic nitrogens is 1. The van der Waals surface area contributed by atoms with Crippen molar-refractivity contribution in [2.45, 2.75) is 0 Å². The largest absolute Gasteiger partial charge is 0.310 e. The van der Waals surface area contributed by atoms with Crippen molar-refractivity contribution in [3.05, 3.63) is 218 Å². The molecule has 2 heterocycles. The minimum atomic E-state index is -0.235. The van der Waals surface area contributed by atoms with Crippen LogP contribution in [0.2, 0.25) is 0 Å². The molecule has 2 nitrogen and oxygen atoms in total. The number of hydrogen-bond acceptors (Lipinski definition) is 2. The highest BCUT2D eigenvalue weighted by molar-refractivity contribution is 7.25. The molecule has 0 fully saturated rings. The van der Waals surface area contributed by atoms with Gasteiger partial charge in [0.25, 0.3) is 0 Å². The van der Waals surface area contributed by atoms with Crippen LogP contribution in [0.15, 0.2) is 212 Å². The first-order valence-electron chi connectivity index (χ1n) is 19.5. The predicted octanol–water partition coefficient (Wildman–Crippen LogP) is 15.8. The van der Waals surface area contributed by atoms with Gasteiger partial charge in [0.05, 0.1) is 16.7 Å². The average molecular weight is 763 g/mol. The Morgan fingerprint density at radius 1 is 0.379 bits per heavy atom. The number of anilines is 3. The Hall–Kier alpha value is -7.27. The highest BCUT2D eigenvalue weighted by atomic mass is 32.1. The normalized spacial score (nSPS) is 11.5. The lowest BCUT2D eigenvalue weighted by atomic mass is 9.98. The van der Waals surface area contributed by atoms with E-state index < -0.39 is 0 Å². The highest BCUT2D eigenvalue weighted by Crippen LogP contribution is 2.44. The van der Waals surface area contributed by atoms with Crippen LogP contribution in [0.5, 0.6) is 0 Å². The molecule has 0 aliphatic carbocycles. The molecule has 11 aromatic rings. The molecule has 0 amide bonds. The van der Waals surface area contributed by atoms with E-state index in [0.717, 1.165) is 61.2 Å². The van der Waals surface area contributed by atoms with Gasteiger partial charge in [-0.25, -0.2) is 4.39 Å². The lowest BCUT2D eigenvalue weighted by molar-refractivity contribution is 0.629. The van der Waals surface area contributed by atoms with Crippen molar-refractivity contribution in [3.8, 4) is 39.1 Å². The zero-order valence-electron chi connectivity index (χ0n) is 31.4. The fraction of sp³-hybridized carbons (Fsp3) is 0. The number of benzene rings is 9. The number of nitrogens with zero attached hydrogens (tertiary/aromatic N) is 2. The molecule has 0 N–H and O–H groups in total. The van der Waals surface area contributed by atoms with Gasteiger partial charge >= 0.3 is 0 Å². The van der Waals surface area contributed by atoms with E-state index in [1.165, 1.54) is 36.9 Å². The summed E-state index contributed by atoms with van der Waals surface area (Å²) in [5.41, 5.74) is 13.2.